The second kappa shape index (κ2) is 7.17. The zero-order valence-corrected chi connectivity index (χ0v) is 17.2. The number of esters is 2. The van der Waals surface area contributed by atoms with E-state index < -0.39 is 27.7 Å². The summed E-state index contributed by atoms with van der Waals surface area (Å²) in [5.41, 5.74) is 1.91. The van der Waals surface area contributed by atoms with Gasteiger partial charge in [0.2, 0.25) is 0 Å². The van der Waals surface area contributed by atoms with Gasteiger partial charge in [-0.25, -0.2) is 18.0 Å². The molecule has 0 aromatic heterocycles. The molecule has 156 valence electrons. The number of hydrogen-bond donors (Lipinski definition) is 1. The molecule has 9 heteroatoms. The van der Waals surface area contributed by atoms with Gasteiger partial charge in [0, 0.05) is 32.3 Å². The number of hydrogen-bond acceptors (Lipinski definition) is 7. The van der Waals surface area contributed by atoms with E-state index in [4.69, 9.17) is 9.47 Å². The van der Waals surface area contributed by atoms with Crippen molar-refractivity contribution >= 4 is 33.3 Å². The monoisotopic (exact) mass is 428 g/mol. The predicted octanol–water partition coefficient (Wildman–Crippen LogP) is 2.57. The van der Waals surface area contributed by atoms with Crippen LogP contribution in [0, 0.1) is 0 Å². The van der Waals surface area contributed by atoms with Gasteiger partial charge in [-0.3, -0.25) is 4.31 Å². The van der Waals surface area contributed by atoms with E-state index in [9.17, 15) is 18.0 Å². The van der Waals surface area contributed by atoms with Crippen LogP contribution in [-0.4, -0.2) is 32.7 Å². The van der Waals surface area contributed by atoms with Crippen LogP contribution in [0.2, 0.25) is 0 Å². The Morgan fingerprint density at radius 1 is 1.00 bits per heavy atom. The number of fused-ring (bicyclic) bond motifs is 1. The molecule has 0 atom stereocenters. The van der Waals surface area contributed by atoms with Crippen molar-refractivity contribution < 1.29 is 27.5 Å². The first-order valence-electron chi connectivity index (χ1n) is 9.31. The highest BCUT2D eigenvalue weighted by Gasteiger charge is 2.39. The lowest BCUT2D eigenvalue weighted by Gasteiger charge is -2.29. The number of cyclic esters (lactones) is 2. The average Bonchev–Trinajstić information content (AvgIpc) is 3.12. The van der Waals surface area contributed by atoms with Crippen LogP contribution in [-0.2, 0) is 35.5 Å². The van der Waals surface area contributed by atoms with Crippen molar-refractivity contribution in [2.75, 3.05) is 16.2 Å². The van der Waals surface area contributed by atoms with E-state index in [0.717, 1.165) is 5.56 Å². The molecule has 0 spiro atoms. The minimum Gasteiger partial charge on any atom is -0.419 e. The summed E-state index contributed by atoms with van der Waals surface area (Å²) in [5.74, 6) is -2.90. The van der Waals surface area contributed by atoms with Gasteiger partial charge in [-0.2, -0.15) is 0 Å². The molecule has 1 saturated heterocycles. The summed E-state index contributed by atoms with van der Waals surface area (Å²) in [7, 11) is -3.69. The minimum atomic E-state index is -3.69. The number of carbonyl (C=O) groups is 2. The third-order valence-electron chi connectivity index (χ3n) is 4.79. The number of para-hydroxylation sites is 1. The topological polar surface area (TPSA) is 102 Å². The van der Waals surface area contributed by atoms with Gasteiger partial charge in [0.1, 0.15) is 0 Å². The van der Waals surface area contributed by atoms with E-state index in [1.54, 1.807) is 18.2 Å². The summed E-state index contributed by atoms with van der Waals surface area (Å²) in [5, 5.41) is 2.79. The van der Waals surface area contributed by atoms with Crippen LogP contribution in [0.1, 0.15) is 19.4 Å². The molecule has 0 aliphatic carbocycles. The third kappa shape index (κ3) is 3.63. The molecule has 2 aromatic carbocycles. The zero-order chi connectivity index (χ0) is 21.5. The van der Waals surface area contributed by atoms with Crippen molar-refractivity contribution in [2.45, 2.75) is 31.0 Å². The molecule has 8 nitrogen and oxygen atoms in total. The SMILES string of the molecule is CC1(C)OC(=O)C(=CNc2ccc(S(=O)(=O)N3CCc4ccccc43)cc2)C(=O)O1. The number of ether oxygens (including phenoxy) is 2. The normalized spacial score (nSPS) is 17.8. The lowest BCUT2D eigenvalue weighted by molar-refractivity contribution is -0.222. The number of sulfonamides is 1. The second-order valence-electron chi connectivity index (χ2n) is 7.36. The summed E-state index contributed by atoms with van der Waals surface area (Å²) in [4.78, 5) is 24.1. The maximum absolute atomic E-state index is 13.0. The Morgan fingerprint density at radius 3 is 2.30 bits per heavy atom. The van der Waals surface area contributed by atoms with E-state index >= 15 is 0 Å². The van der Waals surface area contributed by atoms with E-state index in [-0.39, 0.29) is 10.5 Å². The molecule has 2 aliphatic heterocycles. The van der Waals surface area contributed by atoms with Gasteiger partial charge >= 0.3 is 11.9 Å². The van der Waals surface area contributed by atoms with E-state index in [2.05, 4.69) is 5.32 Å². The highest BCUT2D eigenvalue weighted by molar-refractivity contribution is 7.92. The highest BCUT2D eigenvalue weighted by atomic mass is 32.2. The van der Waals surface area contributed by atoms with Crippen molar-refractivity contribution in [3.05, 3.63) is 65.9 Å². The summed E-state index contributed by atoms with van der Waals surface area (Å²) in [6.07, 6.45) is 1.85. The predicted molar refractivity (Wildman–Crippen MR) is 109 cm³/mol. The number of benzene rings is 2. The Labute approximate surface area is 174 Å². The second-order valence-corrected chi connectivity index (χ2v) is 9.22. The lowest BCUT2D eigenvalue weighted by atomic mass is 10.2. The summed E-state index contributed by atoms with van der Waals surface area (Å²) in [6, 6.07) is 13.5. The quantitative estimate of drug-likeness (QED) is 0.454. The third-order valence-corrected chi connectivity index (χ3v) is 6.61. The molecule has 1 N–H and O–H groups in total. The zero-order valence-electron chi connectivity index (χ0n) is 16.4. The van der Waals surface area contributed by atoms with E-state index in [1.807, 2.05) is 18.2 Å². The van der Waals surface area contributed by atoms with Crippen LogP contribution in [0.25, 0.3) is 0 Å². The van der Waals surface area contributed by atoms with Crippen LogP contribution in [0.3, 0.4) is 0 Å². The molecule has 0 bridgehead atoms. The van der Waals surface area contributed by atoms with Gasteiger partial charge in [0.25, 0.3) is 15.8 Å². The Balaban J connectivity index is 1.51. The molecule has 0 amide bonds. The fourth-order valence-corrected chi connectivity index (χ4v) is 4.85. The standard InChI is InChI=1S/C21H20N2O6S/c1-21(2)28-19(24)17(20(25)29-21)13-22-15-7-9-16(10-8-15)30(26,27)23-12-11-14-5-3-4-6-18(14)23/h3-10,13,22H,11-12H2,1-2H3. The number of carbonyl (C=O) groups excluding carboxylic acids is 2. The number of rotatable bonds is 4. The minimum absolute atomic E-state index is 0.149. The molecular formula is C21H20N2O6S. The van der Waals surface area contributed by atoms with Crippen LogP contribution in [0.15, 0.2) is 65.2 Å². The van der Waals surface area contributed by atoms with Crippen molar-refractivity contribution in [2.24, 2.45) is 0 Å². The molecule has 0 unspecified atom stereocenters. The first-order chi connectivity index (χ1) is 14.2. The maximum Gasteiger partial charge on any atom is 0.350 e. The largest absolute Gasteiger partial charge is 0.419 e. The van der Waals surface area contributed by atoms with E-state index in [0.29, 0.717) is 24.3 Å². The summed E-state index contributed by atoms with van der Waals surface area (Å²) in [6.45, 7) is 3.32. The molecule has 2 heterocycles. The van der Waals surface area contributed by atoms with Crippen molar-refractivity contribution in [3.8, 4) is 0 Å². The van der Waals surface area contributed by atoms with E-state index in [1.165, 1.54) is 36.5 Å². The van der Waals surface area contributed by atoms with Crippen LogP contribution in [0.4, 0.5) is 11.4 Å². The molecule has 2 aromatic rings. The van der Waals surface area contributed by atoms with Gasteiger partial charge in [-0.15, -0.1) is 0 Å². The van der Waals surface area contributed by atoms with Gasteiger partial charge < -0.3 is 14.8 Å². The van der Waals surface area contributed by atoms with Gasteiger partial charge in [0.15, 0.2) is 5.57 Å². The first kappa shape index (κ1) is 20.0. The highest BCUT2D eigenvalue weighted by Crippen LogP contribution is 2.33. The molecule has 4 rings (SSSR count). The Bertz CT molecular complexity index is 1130. The maximum atomic E-state index is 13.0. The van der Waals surface area contributed by atoms with Gasteiger partial charge in [-0.1, -0.05) is 18.2 Å². The average molecular weight is 428 g/mol. The van der Waals surface area contributed by atoms with Crippen molar-refractivity contribution in [1.29, 1.82) is 0 Å². The van der Waals surface area contributed by atoms with Gasteiger partial charge in [0.05, 0.1) is 10.6 Å². The van der Waals surface area contributed by atoms with Crippen LogP contribution in [0.5, 0.6) is 0 Å². The Kier molecular flexibility index (Phi) is 4.77. The molecule has 1 fully saturated rings. The molecule has 0 radical (unpaired) electrons. The van der Waals surface area contributed by atoms with Crippen LogP contribution >= 0.6 is 0 Å². The Hall–Kier alpha value is -3.33. The molecular weight excluding hydrogens is 408 g/mol. The lowest BCUT2D eigenvalue weighted by Crippen LogP contribution is -2.42. The molecule has 2 aliphatic rings. The number of nitrogens with one attached hydrogen (secondary N) is 1. The fraction of sp³-hybridized carbons (Fsp3) is 0.238. The Morgan fingerprint density at radius 2 is 1.63 bits per heavy atom. The molecule has 30 heavy (non-hydrogen) atoms. The number of nitrogens with zero attached hydrogens (tertiary/aromatic N) is 1. The molecule has 0 saturated carbocycles. The first-order valence-corrected chi connectivity index (χ1v) is 10.8. The van der Waals surface area contributed by atoms with Crippen LogP contribution < -0.4 is 9.62 Å². The summed E-state index contributed by atoms with van der Waals surface area (Å²) >= 11 is 0. The van der Waals surface area contributed by atoms with Crippen molar-refractivity contribution in [3.63, 3.8) is 0 Å². The van der Waals surface area contributed by atoms with Crippen molar-refractivity contribution in [1.82, 2.24) is 0 Å². The number of anilines is 2. The fourth-order valence-electron chi connectivity index (χ4n) is 3.34. The summed E-state index contributed by atoms with van der Waals surface area (Å²) < 4.78 is 37.5. The smallest absolute Gasteiger partial charge is 0.350 e. The van der Waals surface area contributed by atoms with Gasteiger partial charge in [-0.05, 0) is 42.3 Å².